The molecular formula is C15H16BrN3O3. The summed E-state index contributed by atoms with van der Waals surface area (Å²) < 4.78 is 6.83. The number of aromatic nitrogens is 1. The molecule has 6 nitrogen and oxygen atoms in total. The van der Waals surface area contributed by atoms with Gasteiger partial charge in [0, 0.05) is 13.1 Å². The summed E-state index contributed by atoms with van der Waals surface area (Å²) in [5.41, 5.74) is 2.68. The lowest BCUT2D eigenvalue weighted by Crippen LogP contribution is -2.55. The number of hydrogen-bond acceptors (Lipinski definition) is 4. The lowest BCUT2D eigenvalue weighted by Gasteiger charge is -2.38. The van der Waals surface area contributed by atoms with Crippen LogP contribution in [0.3, 0.4) is 0 Å². The average Bonchev–Trinajstić information content (AvgIpc) is 3.04. The van der Waals surface area contributed by atoms with Gasteiger partial charge in [0.15, 0.2) is 5.58 Å². The number of hydrogen-bond donors (Lipinski definition) is 1. The van der Waals surface area contributed by atoms with Crippen molar-refractivity contribution in [1.29, 1.82) is 0 Å². The maximum atomic E-state index is 11.4. The Balaban J connectivity index is 1.68. The van der Waals surface area contributed by atoms with Crippen LogP contribution in [-0.4, -0.2) is 46.3 Å². The molecule has 0 saturated carbocycles. The highest BCUT2D eigenvalue weighted by Crippen LogP contribution is 2.35. The second-order valence-electron chi connectivity index (χ2n) is 6.02. The normalized spacial score (nSPS) is 24.3. The van der Waals surface area contributed by atoms with Crippen molar-refractivity contribution in [3.63, 3.8) is 0 Å². The molecule has 4 rings (SSSR count). The summed E-state index contributed by atoms with van der Waals surface area (Å²) in [4.78, 5) is 19.7. The Morgan fingerprint density at radius 3 is 2.64 bits per heavy atom. The van der Waals surface area contributed by atoms with Gasteiger partial charge in [0.25, 0.3) is 6.01 Å². The molecule has 2 saturated heterocycles. The first-order valence-corrected chi connectivity index (χ1v) is 8.15. The van der Waals surface area contributed by atoms with E-state index in [4.69, 9.17) is 4.42 Å². The minimum atomic E-state index is -0.816. The molecule has 2 aliphatic heterocycles. The zero-order valence-corrected chi connectivity index (χ0v) is 13.7. The number of fused-ring (bicyclic) bond motifs is 3. The van der Waals surface area contributed by atoms with Gasteiger partial charge in [0.1, 0.15) is 5.52 Å². The van der Waals surface area contributed by atoms with E-state index in [1.165, 1.54) is 0 Å². The number of rotatable bonds is 1. The average molecular weight is 366 g/mol. The van der Waals surface area contributed by atoms with E-state index in [2.05, 4.69) is 25.8 Å². The molecule has 2 aliphatic rings. The van der Waals surface area contributed by atoms with Crippen molar-refractivity contribution in [2.75, 3.05) is 18.0 Å². The molecule has 2 unspecified atom stereocenters. The molecule has 7 heteroatoms. The Morgan fingerprint density at radius 2 is 2.05 bits per heavy atom. The minimum Gasteiger partial charge on any atom is -0.465 e. The summed E-state index contributed by atoms with van der Waals surface area (Å²) in [5.74, 6) is 0. The molecule has 1 aromatic heterocycles. The van der Waals surface area contributed by atoms with Gasteiger partial charge in [-0.2, -0.15) is 4.98 Å². The highest BCUT2D eigenvalue weighted by molar-refractivity contribution is 9.10. The predicted molar refractivity (Wildman–Crippen MR) is 85.3 cm³/mol. The molecule has 1 amide bonds. The van der Waals surface area contributed by atoms with Crippen LogP contribution >= 0.6 is 15.9 Å². The van der Waals surface area contributed by atoms with Gasteiger partial charge < -0.3 is 14.4 Å². The number of benzene rings is 1. The standard InChI is InChI=1S/C15H16BrN3O3/c1-8-2-5-11(16)13-12(8)17-14(22-13)18-6-9-3-4-10(7-18)19(9)15(20)21/h2,5,9-10H,3-4,6-7H2,1H3,(H,20,21). The van der Waals surface area contributed by atoms with Gasteiger partial charge in [0.2, 0.25) is 0 Å². The molecule has 1 aromatic carbocycles. The third-order valence-corrected chi connectivity index (χ3v) is 5.28. The Hall–Kier alpha value is -1.76. The molecule has 0 spiro atoms. The second-order valence-corrected chi connectivity index (χ2v) is 6.87. The van der Waals surface area contributed by atoms with E-state index in [-0.39, 0.29) is 12.1 Å². The van der Waals surface area contributed by atoms with Crippen LogP contribution in [-0.2, 0) is 0 Å². The summed E-state index contributed by atoms with van der Waals surface area (Å²) >= 11 is 3.49. The van der Waals surface area contributed by atoms with Crippen LogP contribution in [0.4, 0.5) is 10.8 Å². The highest BCUT2D eigenvalue weighted by Gasteiger charge is 2.43. The number of oxazole rings is 1. The topological polar surface area (TPSA) is 69.8 Å². The van der Waals surface area contributed by atoms with Crippen molar-refractivity contribution in [3.05, 3.63) is 22.2 Å². The lowest BCUT2D eigenvalue weighted by molar-refractivity contribution is 0.114. The molecule has 2 fully saturated rings. The van der Waals surface area contributed by atoms with Crippen LogP contribution in [0.15, 0.2) is 21.0 Å². The number of carboxylic acid groups (broad SMARTS) is 1. The van der Waals surface area contributed by atoms with Gasteiger partial charge in [-0.25, -0.2) is 4.79 Å². The van der Waals surface area contributed by atoms with Crippen molar-refractivity contribution in [1.82, 2.24) is 9.88 Å². The third kappa shape index (κ3) is 1.99. The molecule has 0 radical (unpaired) electrons. The van der Waals surface area contributed by atoms with E-state index in [1.54, 1.807) is 4.90 Å². The lowest BCUT2D eigenvalue weighted by atomic mass is 10.2. The van der Waals surface area contributed by atoms with Crippen LogP contribution in [0.2, 0.25) is 0 Å². The summed E-state index contributed by atoms with van der Waals surface area (Å²) in [6, 6.07) is 4.63. The molecule has 22 heavy (non-hydrogen) atoms. The van der Waals surface area contributed by atoms with Crippen LogP contribution in [0.1, 0.15) is 18.4 Å². The van der Waals surface area contributed by atoms with Gasteiger partial charge in [-0.1, -0.05) is 6.07 Å². The van der Waals surface area contributed by atoms with E-state index >= 15 is 0 Å². The third-order valence-electron chi connectivity index (χ3n) is 4.66. The Kier molecular flexibility index (Phi) is 3.07. The number of anilines is 1. The second kappa shape index (κ2) is 4.87. The first-order valence-electron chi connectivity index (χ1n) is 7.36. The highest BCUT2D eigenvalue weighted by atomic mass is 79.9. The van der Waals surface area contributed by atoms with Crippen LogP contribution < -0.4 is 4.90 Å². The molecule has 3 heterocycles. The molecule has 2 aromatic rings. The SMILES string of the molecule is Cc1ccc(Br)c2oc(N3CC4CCC(C3)N4C(=O)O)nc12. The summed E-state index contributed by atoms with van der Waals surface area (Å²) in [6.07, 6.45) is 1.01. The summed E-state index contributed by atoms with van der Waals surface area (Å²) in [6.45, 7) is 3.30. The van der Waals surface area contributed by atoms with E-state index in [9.17, 15) is 9.90 Å². The van der Waals surface area contributed by atoms with Crippen molar-refractivity contribution in [2.45, 2.75) is 31.8 Å². The fraction of sp³-hybridized carbons (Fsp3) is 0.467. The maximum absolute atomic E-state index is 11.4. The van der Waals surface area contributed by atoms with Gasteiger partial charge in [-0.05, 0) is 47.3 Å². The fourth-order valence-corrected chi connectivity index (χ4v) is 4.00. The maximum Gasteiger partial charge on any atom is 0.407 e. The first-order chi connectivity index (χ1) is 10.5. The Labute approximate surface area is 135 Å². The summed E-state index contributed by atoms with van der Waals surface area (Å²) in [5, 5.41) is 9.33. The zero-order valence-electron chi connectivity index (χ0n) is 12.1. The van der Waals surface area contributed by atoms with Crippen molar-refractivity contribution >= 4 is 39.1 Å². The number of amides is 1. The van der Waals surface area contributed by atoms with Gasteiger partial charge in [0.05, 0.1) is 16.6 Å². The summed E-state index contributed by atoms with van der Waals surface area (Å²) in [7, 11) is 0. The Bertz CT molecular complexity index is 707. The molecule has 1 N–H and O–H groups in total. The number of aryl methyl sites for hydroxylation is 1. The van der Waals surface area contributed by atoms with Crippen molar-refractivity contribution in [3.8, 4) is 0 Å². The fourth-order valence-electron chi connectivity index (χ4n) is 3.60. The molecular weight excluding hydrogens is 350 g/mol. The number of halogens is 1. The minimum absolute atomic E-state index is 0.0378. The van der Waals surface area contributed by atoms with E-state index in [0.29, 0.717) is 19.1 Å². The smallest absolute Gasteiger partial charge is 0.407 e. The largest absolute Gasteiger partial charge is 0.465 e. The van der Waals surface area contributed by atoms with Crippen LogP contribution in [0.5, 0.6) is 0 Å². The zero-order chi connectivity index (χ0) is 15.4. The molecule has 0 aliphatic carbocycles. The van der Waals surface area contributed by atoms with E-state index < -0.39 is 6.09 Å². The number of nitrogens with zero attached hydrogens (tertiary/aromatic N) is 3. The van der Waals surface area contributed by atoms with Gasteiger partial charge in [-0.3, -0.25) is 4.90 Å². The number of piperazine rings is 1. The van der Waals surface area contributed by atoms with Crippen molar-refractivity contribution < 1.29 is 14.3 Å². The monoisotopic (exact) mass is 365 g/mol. The van der Waals surface area contributed by atoms with E-state index in [0.717, 1.165) is 34.0 Å². The quantitative estimate of drug-likeness (QED) is 0.839. The number of carbonyl (C=O) groups is 1. The van der Waals surface area contributed by atoms with Crippen LogP contribution in [0.25, 0.3) is 11.1 Å². The molecule has 2 bridgehead atoms. The Morgan fingerprint density at radius 1 is 1.36 bits per heavy atom. The molecule has 116 valence electrons. The molecule has 2 atom stereocenters. The van der Waals surface area contributed by atoms with Gasteiger partial charge >= 0.3 is 6.09 Å². The van der Waals surface area contributed by atoms with Gasteiger partial charge in [-0.15, -0.1) is 0 Å². The van der Waals surface area contributed by atoms with Crippen molar-refractivity contribution in [2.24, 2.45) is 0 Å². The predicted octanol–water partition coefficient (Wildman–Crippen LogP) is 3.23. The first kappa shape index (κ1) is 13.9. The van der Waals surface area contributed by atoms with E-state index in [1.807, 2.05) is 19.1 Å². The van der Waals surface area contributed by atoms with Crippen LogP contribution in [0, 0.1) is 6.92 Å².